The molecular weight excluding hydrogens is 359 g/mol. The zero-order valence-corrected chi connectivity index (χ0v) is 13.6. The highest BCUT2D eigenvalue weighted by Gasteiger charge is 2.32. The third-order valence-corrected chi connectivity index (χ3v) is 6.38. The topological polar surface area (TPSA) is 0 Å². The van der Waals surface area contributed by atoms with Gasteiger partial charge in [0, 0.05) is 15.5 Å². The van der Waals surface area contributed by atoms with Crippen LogP contribution in [0.15, 0.2) is 12.1 Å². The first kappa shape index (κ1) is 14.0. The van der Waals surface area contributed by atoms with Crippen LogP contribution in [-0.4, -0.2) is 10.7 Å². The zero-order valence-electron chi connectivity index (χ0n) is 8.90. The molecule has 0 unspecified atom stereocenters. The van der Waals surface area contributed by atoms with Crippen molar-refractivity contribution in [2.24, 2.45) is 11.3 Å². The van der Waals surface area contributed by atoms with E-state index >= 15 is 0 Å². The van der Waals surface area contributed by atoms with Crippen molar-refractivity contribution in [2.45, 2.75) is 20.3 Å². The number of thiophene rings is 1. The molecule has 0 aromatic carbocycles. The van der Waals surface area contributed by atoms with Gasteiger partial charge in [0.25, 0.3) is 0 Å². The molecule has 15 heavy (non-hydrogen) atoms. The fourth-order valence-corrected chi connectivity index (χ4v) is 5.30. The zero-order chi connectivity index (χ0) is 11.5. The molecule has 1 rings (SSSR count). The van der Waals surface area contributed by atoms with Crippen LogP contribution in [0.2, 0.25) is 4.34 Å². The number of hydrogen-bond acceptors (Lipinski definition) is 1. The van der Waals surface area contributed by atoms with Crippen molar-refractivity contribution in [3.63, 3.8) is 0 Å². The quantitative estimate of drug-likeness (QED) is 0.607. The average molecular weight is 375 g/mol. The maximum absolute atomic E-state index is 5.95. The molecule has 0 aliphatic carbocycles. The van der Waals surface area contributed by atoms with Gasteiger partial charge in [-0.1, -0.05) is 57.3 Å². The summed E-state index contributed by atoms with van der Waals surface area (Å²) >= 11 is 14.9. The normalized spacial score (nSPS) is 12.4. The molecule has 0 radical (unpaired) electrons. The van der Waals surface area contributed by atoms with Gasteiger partial charge in [-0.2, -0.15) is 0 Å². The Morgan fingerprint density at radius 1 is 1.33 bits per heavy atom. The largest absolute Gasteiger partial charge is 0.128 e. The van der Waals surface area contributed by atoms with Crippen LogP contribution in [0.25, 0.3) is 0 Å². The van der Waals surface area contributed by atoms with Gasteiger partial charge in [0.2, 0.25) is 0 Å². The summed E-state index contributed by atoms with van der Waals surface area (Å²) in [7, 11) is 0. The van der Waals surface area contributed by atoms with Gasteiger partial charge in [0.1, 0.15) is 0 Å². The number of rotatable bonds is 5. The molecular formula is C11H15Br2ClS. The predicted octanol–water partition coefficient (Wildman–Crippen LogP) is 5.38. The van der Waals surface area contributed by atoms with E-state index < -0.39 is 0 Å². The number of hydrogen-bond donors (Lipinski definition) is 0. The Hall–Kier alpha value is 0.950. The average Bonchev–Trinajstić information content (AvgIpc) is 2.60. The lowest BCUT2D eigenvalue weighted by atomic mass is 9.78. The first-order valence-electron chi connectivity index (χ1n) is 4.90. The van der Waals surface area contributed by atoms with Crippen LogP contribution in [-0.2, 0) is 6.42 Å². The maximum atomic E-state index is 5.95. The second kappa shape index (κ2) is 6.04. The number of alkyl halides is 2. The van der Waals surface area contributed by atoms with Crippen molar-refractivity contribution in [1.82, 2.24) is 0 Å². The molecule has 0 amide bonds. The monoisotopic (exact) mass is 372 g/mol. The third kappa shape index (κ3) is 3.45. The molecule has 1 aromatic rings. The molecule has 1 aromatic heterocycles. The standard InChI is InChI=1S/C11H15Br2ClS/c1-8(2)11(6-12,7-13)5-9-3-4-10(14)15-9/h3-4,8H,5-7H2,1-2H3. The Morgan fingerprint density at radius 2 is 1.93 bits per heavy atom. The molecule has 0 fully saturated rings. The summed E-state index contributed by atoms with van der Waals surface area (Å²) in [5.41, 5.74) is 0.286. The van der Waals surface area contributed by atoms with E-state index in [0.717, 1.165) is 21.4 Å². The smallest absolute Gasteiger partial charge is 0.0931 e. The summed E-state index contributed by atoms with van der Waals surface area (Å²) in [6.45, 7) is 4.55. The van der Waals surface area contributed by atoms with Crippen molar-refractivity contribution in [3.05, 3.63) is 21.3 Å². The van der Waals surface area contributed by atoms with Crippen LogP contribution in [0.4, 0.5) is 0 Å². The lowest BCUT2D eigenvalue weighted by molar-refractivity contribution is 0.269. The van der Waals surface area contributed by atoms with E-state index in [1.807, 2.05) is 6.07 Å². The number of halogens is 3. The first-order valence-corrected chi connectivity index (χ1v) is 8.34. The van der Waals surface area contributed by atoms with Gasteiger partial charge < -0.3 is 0 Å². The summed E-state index contributed by atoms with van der Waals surface area (Å²) in [5, 5.41) is 2.02. The molecule has 4 heteroatoms. The predicted molar refractivity (Wildman–Crippen MR) is 77.9 cm³/mol. The van der Waals surface area contributed by atoms with Crippen LogP contribution >= 0.6 is 54.8 Å². The Bertz CT molecular complexity index is 305. The van der Waals surface area contributed by atoms with Gasteiger partial charge >= 0.3 is 0 Å². The Balaban J connectivity index is 2.83. The van der Waals surface area contributed by atoms with E-state index in [1.165, 1.54) is 4.88 Å². The molecule has 0 aliphatic heterocycles. The molecule has 0 saturated carbocycles. The molecule has 86 valence electrons. The SMILES string of the molecule is CC(C)C(CBr)(CBr)Cc1ccc(Cl)s1. The second-order valence-corrected chi connectivity index (χ2v) is 7.09. The van der Waals surface area contributed by atoms with Crippen LogP contribution in [0.1, 0.15) is 18.7 Å². The van der Waals surface area contributed by atoms with Crippen LogP contribution < -0.4 is 0 Å². The highest BCUT2D eigenvalue weighted by atomic mass is 79.9. The Labute approximate surface area is 118 Å². The molecule has 0 spiro atoms. The maximum Gasteiger partial charge on any atom is 0.0931 e. The van der Waals surface area contributed by atoms with Gasteiger partial charge in [-0.25, -0.2) is 0 Å². The van der Waals surface area contributed by atoms with Gasteiger partial charge in [0.05, 0.1) is 4.34 Å². The van der Waals surface area contributed by atoms with E-state index in [1.54, 1.807) is 11.3 Å². The molecule has 0 aliphatic rings. The minimum atomic E-state index is 0.286. The highest BCUT2D eigenvalue weighted by molar-refractivity contribution is 9.09. The summed E-state index contributed by atoms with van der Waals surface area (Å²) in [5.74, 6) is 0.636. The molecule has 0 N–H and O–H groups in total. The van der Waals surface area contributed by atoms with Crippen LogP contribution in [0.3, 0.4) is 0 Å². The van der Waals surface area contributed by atoms with Gasteiger partial charge in [0.15, 0.2) is 0 Å². The minimum Gasteiger partial charge on any atom is -0.128 e. The summed E-state index contributed by atoms with van der Waals surface area (Å²) in [4.78, 5) is 1.37. The minimum absolute atomic E-state index is 0.286. The van der Waals surface area contributed by atoms with Crippen molar-refractivity contribution < 1.29 is 0 Å². The highest BCUT2D eigenvalue weighted by Crippen LogP contribution is 2.38. The van der Waals surface area contributed by atoms with Crippen molar-refractivity contribution >= 4 is 54.8 Å². The van der Waals surface area contributed by atoms with E-state index in [-0.39, 0.29) is 5.41 Å². The lowest BCUT2D eigenvalue weighted by Gasteiger charge is -2.34. The van der Waals surface area contributed by atoms with Gasteiger partial charge in [-0.05, 0) is 29.9 Å². The Kier molecular flexibility index (Phi) is 5.64. The van der Waals surface area contributed by atoms with Gasteiger partial charge in [-0.15, -0.1) is 11.3 Å². The van der Waals surface area contributed by atoms with E-state index in [2.05, 4.69) is 51.8 Å². The van der Waals surface area contributed by atoms with Crippen molar-refractivity contribution in [3.8, 4) is 0 Å². The molecule has 0 bridgehead atoms. The van der Waals surface area contributed by atoms with E-state index in [0.29, 0.717) is 5.92 Å². The van der Waals surface area contributed by atoms with Gasteiger partial charge in [-0.3, -0.25) is 0 Å². The second-order valence-electron chi connectivity index (χ2n) is 4.17. The molecule has 0 nitrogen and oxygen atoms in total. The summed E-state index contributed by atoms with van der Waals surface area (Å²) < 4.78 is 0.881. The molecule has 0 saturated heterocycles. The Morgan fingerprint density at radius 3 is 2.27 bits per heavy atom. The lowest BCUT2D eigenvalue weighted by Crippen LogP contribution is -2.33. The third-order valence-electron chi connectivity index (χ3n) is 2.91. The van der Waals surface area contributed by atoms with Crippen molar-refractivity contribution in [2.75, 3.05) is 10.7 Å². The summed E-state index contributed by atoms with van der Waals surface area (Å²) in [6, 6.07) is 4.12. The summed E-state index contributed by atoms with van der Waals surface area (Å²) in [6.07, 6.45) is 1.08. The van der Waals surface area contributed by atoms with Crippen molar-refractivity contribution in [1.29, 1.82) is 0 Å². The molecule has 0 atom stereocenters. The molecule has 1 heterocycles. The van der Waals surface area contributed by atoms with Crippen LogP contribution in [0, 0.1) is 11.3 Å². The fourth-order valence-electron chi connectivity index (χ4n) is 1.44. The fraction of sp³-hybridized carbons (Fsp3) is 0.636. The van der Waals surface area contributed by atoms with E-state index in [4.69, 9.17) is 11.6 Å². The van der Waals surface area contributed by atoms with E-state index in [9.17, 15) is 0 Å². The van der Waals surface area contributed by atoms with Crippen LogP contribution in [0.5, 0.6) is 0 Å². The first-order chi connectivity index (χ1) is 7.04.